The van der Waals surface area contributed by atoms with Crippen LogP contribution in [-0.4, -0.2) is 31.6 Å². The summed E-state index contributed by atoms with van der Waals surface area (Å²) in [6.45, 7) is 5.22. The molecule has 1 heterocycles. The Morgan fingerprint density at radius 2 is 1.82 bits per heavy atom. The van der Waals surface area contributed by atoms with Gasteiger partial charge in [0.2, 0.25) is 0 Å². The molecule has 2 aromatic rings. The second-order valence-corrected chi connectivity index (χ2v) is 7.54. The van der Waals surface area contributed by atoms with Crippen LogP contribution < -0.4 is 10.2 Å². The number of hydrogen-bond donors (Lipinski definition) is 2. The second kappa shape index (κ2) is 9.02. The third-order valence-corrected chi connectivity index (χ3v) is 5.70. The van der Waals surface area contributed by atoms with Gasteiger partial charge < -0.3 is 15.0 Å². The Bertz CT molecular complexity index is 832. The quantitative estimate of drug-likeness (QED) is 0.755. The van der Waals surface area contributed by atoms with Crippen LogP contribution in [0.5, 0.6) is 0 Å². The van der Waals surface area contributed by atoms with Crippen LogP contribution in [0.2, 0.25) is 0 Å². The molecule has 2 N–H and O–H groups in total. The number of quaternary nitrogens is 1. The highest BCUT2D eigenvalue weighted by Gasteiger charge is 2.37. The maximum atomic E-state index is 12.6. The number of rotatable bonds is 6. The minimum Gasteiger partial charge on any atom is -0.465 e. The Labute approximate surface area is 166 Å². The summed E-state index contributed by atoms with van der Waals surface area (Å²) in [4.78, 5) is 25.8. The third kappa shape index (κ3) is 4.60. The Hall–Kier alpha value is -2.66. The van der Waals surface area contributed by atoms with Crippen molar-refractivity contribution in [2.24, 2.45) is 0 Å². The van der Waals surface area contributed by atoms with E-state index < -0.39 is 0 Å². The van der Waals surface area contributed by atoms with E-state index in [4.69, 9.17) is 4.74 Å². The molecule has 148 valence electrons. The fourth-order valence-electron chi connectivity index (χ4n) is 3.78. The predicted molar refractivity (Wildman–Crippen MR) is 109 cm³/mol. The molecule has 28 heavy (non-hydrogen) atoms. The summed E-state index contributed by atoms with van der Waals surface area (Å²) in [5, 5.41) is 2.96. The fraction of sp³-hybridized carbons (Fsp3) is 0.391. The van der Waals surface area contributed by atoms with Crippen LogP contribution >= 0.6 is 0 Å². The van der Waals surface area contributed by atoms with E-state index in [2.05, 4.69) is 37.4 Å². The molecule has 2 aromatic carbocycles. The van der Waals surface area contributed by atoms with E-state index in [1.807, 2.05) is 30.3 Å². The first-order chi connectivity index (χ1) is 13.5. The normalized spacial score (nSPS) is 19.4. The van der Waals surface area contributed by atoms with Crippen molar-refractivity contribution >= 4 is 17.6 Å². The first kappa shape index (κ1) is 20.1. The van der Waals surface area contributed by atoms with Crippen molar-refractivity contribution in [2.75, 3.05) is 19.0 Å². The van der Waals surface area contributed by atoms with Crippen LogP contribution in [0.4, 0.5) is 5.69 Å². The van der Waals surface area contributed by atoms with Crippen LogP contribution in [0.15, 0.2) is 48.5 Å². The Balaban J connectivity index is 1.68. The van der Waals surface area contributed by atoms with Gasteiger partial charge in [0.1, 0.15) is 6.54 Å². The maximum Gasteiger partial charge on any atom is 0.365 e. The fourth-order valence-corrected chi connectivity index (χ4v) is 3.78. The summed E-state index contributed by atoms with van der Waals surface area (Å²) in [6, 6.07) is 15.7. The highest BCUT2D eigenvalue weighted by Crippen LogP contribution is 2.20. The first-order valence-electron chi connectivity index (χ1n) is 9.90. The highest BCUT2D eigenvalue weighted by atomic mass is 16.5. The molecule has 0 fully saturated rings. The second-order valence-electron chi connectivity index (χ2n) is 7.54. The van der Waals surface area contributed by atoms with Gasteiger partial charge in [0.25, 0.3) is 5.91 Å². The van der Waals surface area contributed by atoms with Crippen LogP contribution in [0.1, 0.15) is 42.9 Å². The maximum absolute atomic E-state index is 12.6. The zero-order valence-corrected chi connectivity index (χ0v) is 16.8. The monoisotopic (exact) mass is 381 g/mol. The largest absolute Gasteiger partial charge is 0.465 e. The van der Waals surface area contributed by atoms with Crippen LogP contribution in [-0.2, 0) is 27.3 Å². The summed E-state index contributed by atoms with van der Waals surface area (Å²) < 4.78 is 4.99. The Kier molecular flexibility index (Phi) is 6.47. The lowest BCUT2D eigenvalue weighted by atomic mass is 9.94. The molecule has 3 atom stereocenters. The smallest absolute Gasteiger partial charge is 0.365 e. The molecular weight excluding hydrogens is 352 g/mol. The van der Waals surface area contributed by atoms with E-state index in [0.29, 0.717) is 18.9 Å². The molecule has 5 nitrogen and oxygen atoms in total. The molecule has 0 saturated heterocycles. The number of carbonyl (C=O) groups is 2. The number of benzene rings is 2. The molecule has 0 saturated carbocycles. The van der Waals surface area contributed by atoms with Crippen molar-refractivity contribution in [1.82, 2.24) is 0 Å². The van der Waals surface area contributed by atoms with E-state index in [1.54, 1.807) is 0 Å². The molecule has 1 amide bonds. The van der Waals surface area contributed by atoms with Gasteiger partial charge >= 0.3 is 5.97 Å². The third-order valence-electron chi connectivity index (χ3n) is 5.70. The van der Waals surface area contributed by atoms with Gasteiger partial charge in [-0.25, -0.2) is 4.79 Å². The summed E-state index contributed by atoms with van der Waals surface area (Å²) in [7, 11) is 1.40. The zero-order valence-electron chi connectivity index (χ0n) is 16.8. The Morgan fingerprint density at radius 1 is 1.14 bits per heavy atom. The minimum absolute atomic E-state index is 0.0976. The van der Waals surface area contributed by atoms with Crippen LogP contribution in [0.25, 0.3) is 0 Å². The number of amides is 1. The van der Waals surface area contributed by atoms with E-state index in [0.717, 1.165) is 22.6 Å². The van der Waals surface area contributed by atoms with E-state index >= 15 is 0 Å². The van der Waals surface area contributed by atoms with Crippen molar-refractivity contribution in [2.45, 2.75) is 45.2 Å². The lowest BCUT2D eigenvalue weighted by Gasteiger charge is -2.31. The van der Waals surface area contributed by atoms with Gasteiger partial charge in [-0.3, -0.25) is 4.79 Å². The lowest BCUT2D eigenvalue weighted by Crippen LogP contribution is -3.17. The van der Waals surface area contributed by atoms with Crippen LogP contribution in [0.3, 0.4) is 0 Å². The van der Waals surface area contributed by atoms with E-state index in [-0.39, 0.29) is 24.5 Å². The van der Waals surface area contributed by atoms with Gasteiger partial charge in [0.15, 0.2) is 12.6 Å². The van der Waals surface area contributed by atoms with Crippen LogP contribution in [0, 0.1) is 0 Å². The van der Waals surface area contributed by atoms with Gasteiger partial charge in [-0.1, -0.05) is 50.2 Å². The molecule has 1 aliphatic rings. The minimum atomic E-state index is -0.363. The van der Waals surface area contributed by atoms with Crippen molar-refractivity contribution in [3.8, 4) is 0 Å². The molecule has 0 aromatic heterocycles. The number of carbonyl (C=O) groups excluding carboxylic acids is 2. The van der Waals surface area contributed by atoms with E-state index in [9.17, 15) is 9.59 Å². The molecule has 0 aliphatic carbocycles. The van der Waals surface area contributed by atoms with Gasteiger partial charge in [0, 0.05) is 17.7 Å². The number of nitrogens with one attached hydrogen (secondary N) is 2. The lowest BCUT2D eigenvalue weighted by molar-refractivity contribution is -0.924. The number of hydrogen-bond acceptors (Lipinski definition) is 3. The van der Waals surface area contributed by atoms with Crippen molar-refractivity contribution in [1.29, 1.82) is 0 Å². The highest BCUT2D eigenvalue weighted by molar-refractivity contribution is 5.91. The van der Waals surface area contributed by atoms with Crippen molar-refractivity contribution < 1.29 is 19.2 Å². The van der Waals surface area contributed by atoms with Gasteiger partial charge in [-0.2, -0.15) is 0 Å². The van der Waals surface area contributed by atoms with Crippen molar-refractivity contribution in [3.05, 3.63) is 65.2 Å². The molecule has 1 unspecified atom stereocenters. The number of methoxy groups -OCH3 is 1. The Morgan fingerprint density at radius 3 is 2.46 bits per heavy atom. The van der Waals surface area contributed by atoms with E-state index in [1.165, 1.54) is 18.2 Å². The molecule has 0 bridgehead atoms. The van der Waals surface area contributed by atoms with Gasteiger partial charge in [-0.15, -0.1) is 0 Å². The molecular formula is C23H29N2O3+. The summed E-state index contributed by atoms with van der Waals surface area (Å²) >= 11 is 0. The number of fused-ring (bicyclic) bond motifs is 1. The molecule has 1 aliphatic heterocycles. The summed E-state index contributed by atoms with van der Waals surface area (Å²) in [5.74, 6) is 0.137. The number of esters is 1. The zero-order chi connectivity index (χ0) is 20.1. The number of anilines is 1. The number of ether oxygens (including phenoxy) is 1. The first-order valence-corrected chi connectivity index (χ1v) is 9.90. The molecule has 0 radical (unpaired) electrons. The predicted octanol–water partition coefficient (Wildman–Crippen LogP) is 2.32. The molecule has 5 heteroatoms. The molecule has 0 spiro atoms. The topological polar surface area (TPSA) is 59.8 Å². The van der Waals surface area contributed by atoms with Gasteiger partial charge in [-0.05, 0) is 35.6 Å². The van der Waals surface area contributed by atoms with Crippen molar-refractivity contribution in [3.63, 3.8) is 0 Å². The molecule has 3 rings (SSSR count). The SMILES string of the molecule is CC[C@@H](C)c1ccc(NC(=O)C[NH+]2Cc3ccccc3C[C@@H]2C(=O)OC)cc1. The summed E-state index contributed by atoms with van der Waals surface area (Å²) in [5.41, 5.74) is 4.39. The van der Waals surface area contributed by atoms with Gasteiger partial charge in [0.05, 0.1) is 7.11 Å². The summed E-state index contributed by atoms with van der Waals surface area (Å²) in [6.07, 6.45) is 1.68. The average Bonchev–Trinajstić information content (AvgIpc) is 2.72. The standard InChI is InChI=1S/C23H28N2O3/c1-4-16(2)17-9-11-20(12-10-17)24-22(26)15-25-14-19-8-6-5-7-18(19)13-21(25)23(27)28-3/h5-12,16,21H,4,13-15H2,1-3H3,(H,24,26)/p+1/t16-,21-/m1/s1. The average molecular weight is 381 g/mol.